The Hall–Kier alpha value is -1.36. The quantitative estimate of drug-likeness (QED) is 0.832. The molecule has 3 rings (SSSR count). The molecule has 0 aromatic carbocycles. The number of nitrogens with zero attached hydrogens (tertiary/aromatic N) is 4. The van der Waals surface area contributed by atoms with Gasteiger partial charge in [-0.2, -0.15) is 5.10 Å². The van der Waals surface area contributed by atoms with Gasteiger partial charge in [0.2, 0.25) is 5.91 Å². The Bertz CT molecular complexity index is 562. The zero-order valence-electron chi connectivity index (χ0n) is 15.5. The second kappa shape index (κ2) is 7.68. The molecule has 24 heavy (non-hydrogen) atoms. The molecule has 2 heterocycles. The Morgan fingerprint density at radius 2 is 2.04 bits per heavy atom. The molecule has 5 heteroatoms. The molecule has 1 aliphatic carbocycles. The normalized spacial score (nSPS) is 22.5. The fourth-order valence-corrected chi connectivity index (χ4v) is 4.46. The summed E-state index contributed by atoms with van der Waals surface area (Å²) in [5, 5.41) is 4.79. The van der Waals surface area contributed by atoms with E-state index < -0.39 is 0 Å². The summed E-state index contributed by atoms with van der Waals surface area (Å²) in [6, 6.07) is 0. The van der Waals surface area contributed by atoms with Crippen LogP contribution in [0.15, 0.2) is 6.20 Å². The van der Waals surface area contributed by atoms with Gasteiger partial charge in [-0.15, -0.1) is 0 Å². The van der Waals surface area contributed by atoms with E-state index in [0.29, 0.717) is 11.8 Å². The Morgan fingerprint density at radius 3 is 2.71 bits per heavy atom. The summed E-state index contributed by atoms with van der Waals surface area (Å²) in [7, 11) is 4.24. The number of aromatic nitrogens is 2. The lowest BCUT2D eigenvalue weighted by molar-refractivity contribution is -0.127. The van der Waals surface area contributed by atoms with Gasteiger partial charge in [0.05, 0.1) is 5.69 Å². The van der Waals surface area contributed by atoms with Crippen LogP contribution < -0.4 is 0 Å². The van der Waals surface area contributed by atoms with E-state index in [4.69, 9.17) is 5.10 Å². The number of hydrogen-bond donors (Lipinski definition) is 0. The van der Waals surface area contributed by atoms with E-state index in [9.17, 15) is 4.79 Å². The van der Waals surface area contributed by atoms with Crippen molar-refractivity contribution < 1.29 is 4.79 Å². The second-order valence-electron chi connectivity index (χ2n) is 7.86. The van der Waals surface area contributed by atoms with Crippen molar-refractivity contribution in [2.24, 2.45) is 13.0 Å². The van der Waals surface area contributed by atoms with Gasteiger partial charge in [0.25, 0.3) is 0 Å². The molecule has 0 bridgehead atoms. The first-order valence-electron chi connectivity index (χ1n) is 9.49. The van der Waals surface area contributed by atoms with E-state index in [1.54, 1.807) is 6.92 Å². The van der Waals surface area contributed by atoms with E-state index in [2.05, 4.69) is 18.1 Å². The maximum Gasteiger partial charge on any atom is 0.219 e. The number of likely N-dealkylation sites (tertiary alicyclic amines) is 1. The smallest absolute Gasteiger partial charge is 0.219 e. The number of aryl methyl sites for hydroxylation is 1. The highest BCUT2D eigenvalue weighted by Gasteiger charge is 2.26. The van der Waals surface area contributed by atoms with Crippen molar-refractivity contribution in [3.63, 3.8) is 0 Å². The fraction of sp³-hybridized carbons (Fsp3) is 0.789. The van der Waals surface area contributed by atoms with Gasteiger partial charge >= 0.3 is 0 Å². The minimum atomic E-state index is 0.215. The summed E-state index contributed by atoms with van der Waals surface area (Å²) in [6.45, 7) is 5.55. The molecule has 1 aliphatic heterocycles. The lowest BCUT2D eigenvalue weighted by atomic mass is 9.85. The molecule has 1 saturated carbocycles. The topological polar surface area (TPSA) is 41.4 Å². The zero-order chi connectivity index (χ0) is 17.1. The van der Waals surface area contributed by atoms with Gasteiger partial charge in [0.1, 0.15) is 0 Å². The molecule has 1 aromatic heterocycles. The van der Waals surface area contributed by atoms with Gasteiger partial charge in [-0.25, -0.2) is 0 Å². The first-order chi connectivity index (χ1) is 11.5. The number of rotatable bonds is 5. The third kappa shape index (κ3) is 4.18. The summed E-state index contributed by atoms with van der Waals surface area (Å²) < 4.78 is 1.99. The van der Waals surface area contributed by atoms with Crippen LogP contribution in [0.2, 0.25) is 0 Å². The summed E-state index contributed by atoms with van der Waals surface area (Å²) in [6.07, 6.45) is 10.0. The van der Waals surface area contributed by atoms with Crippen molar-refractivity contribution in [1.82, 2.24) is 19.6 Å². The third-order valence-electron chi connectivity index (χ3n) is 5.67. The number of amides is 1. The lowest BCUT2D eigenvalue weighted by Crippen LogP contribution is -2.30. The SMILES string of the molecule is CC(=O)N1CC[C@@H](CN(C)Cc2cn(C)nc2C2CCCCC2)C1. The molecular formula is C19H32N4O. The summed E-state index contributed by atoms with van der Waals surface area (Å²) in [5.41, 5.74) is 2.73. The van der Waals surface area contributed by atoms with Gasteiger partial charge in [-0.1, -0.05) is 19.3 Å². The van der Waals surface area contributed by atoms with Gasteiger partial charge in [-0.05, 0) is 32.2 Å². The average Bonchev–Trinajstić information content (AvgIpc) is 3.15. The lowest BCUT2D eigenvalue weighted by Gasteiger charge is -2.24. The summed E-state index contributed by atoms with van der Waals surface area (Å²) >= 11 is 0. The fourth-order valence-electron chi connectivity index (χ4n) is 4.46. The second-order valence-corrected chi connectivity index (χ2v) is 7.86. The Balaban J connectivity index is 1.58. The van der Waals surface area contributed by atoms with Crippen molar-refractivity contribution in [3.8, 4) is 0 Å². The van der Waals surface area contributed by atoms with E-state index in [1.807, 2.05) is 16.6 Å². The van der Waals surface area contributed by atoms with E-state index in [0.717, 1.165) is 32.6 Å². The average molecular weight is 332 g/mol. The molecule has 5 nitrogen and oxygen atoms in total. The molecule has 2 aliphatic rings. The van der Waals surface area contributed by atoms with Crippen LogP contribution in [0.25, 0.3) is 0 Å². The van der Waals surface area contributed by atoms with Crippen molar-refractivity contribution in [1.29, 1.82) is 0 Å². The van der Waals surface area contributed by atoms with Crippen LogP contribution in [0, 0.1) is 5.92 Å². The number of carbonyl (C=O) groups is 1. The van der Waals surface area contributed by atoms with Crippen molar-refractivity contribution in [3.05, 3.63) is 17.5 Å². The molecule has 0 N–H and O–H groups in total. The maximum absolute atomic E-state index is 11.5. The van der Waals surface area contributed by atoms with E-state index in [-0.39, 0.29) is 5.91 Å². The Kier molecular flexibility index (Phi) is 5.59. The van der Waals surface area contributed by atoms with Gasteiger partial charge < -0.3 is 9.80 Å². The highest BCUT2D eigenvalue weighted by molar-refractivity contribution is 5.73. The predicted octanol–water partition coefficient (Wildman–Crippen LogP) is 2.77. The van der Waals surface area contributed by atoms with Gasteiger partial charge in [0, 0.05) is 57.8 Å². The minimum absolute atomic E-state index is 0.215. The van der Waals surface area contributed by atoms with Crippen LogP contribution in [0.3, 0.4) is 0 Å². The van der Waals surface area contributed by atoms with E-state index >= 15 is 0 Å². The molecule has 0 spiro atoms. The predicted molar refractivity (Wildman–Crippen MR) is 95.7 cm³/mol. The van der Waals surface area contributed by atoms with Crippen molar-refractivity contribution in [2.45, 2.75) is 57.9 Å². The van der Waals surface area contributed by atoms with Crippen LogP contribution in [-0.2, 0) is 18.4 Å². The van der Waals surface area contributed by atoms with Crippen LogP contribution in [-0.4, -0.2) is 52.2 Å². The molecule has 1 saturated heterocycles. The standard InChI is InChI=1S/C19H32N4O/c1-15(24)23-10-9-16(12-23)11-21(2)13-18-14-22(3)20-19(18)17-7-5-4-6-8-17/h14,16-17H,4-13H2,1-3H3/t16-/m0/s1. The Morgan fingerprint density at radius 1 is 1.29 bits per heavy atom. The van der Waals surface area contributed by atoms with Crippen molar-refractivity contribution >= 4 is 5.91 Å². The first-order valence-corrected chi connectivity index (χ1v) is 9.49. The van der Waals surface area contributed by atoms with E-state index in [1.165, 1.54) is 43.4 Å². The van der Waals surface area contributed by atoms with Crippen LogP contribution in [0.4, 0.5) is 0 Å². The monoisotopic (exact) mass is 332 g/mol. The molecule has 2 fully saturated rings. The molecule has 0 unspecified atom stereocenters. The molecule has 1 atom stereocenters. The Labute approximate surface area is 146 Å². The first kappa shape index (κ1) is 17.5. The number of carbonyl (C=O) groups excluding carboxylic acids is 1. The number of hydrogen-bond acceptors (Lipinski definition) is 3. The van der Waals surface area contributed by atoms with Crippen molar-refractivity contribution in [2.75, 3.05) is 26.7 Å². The van der Waals surface area contributed by atoms with Gasteiger partial charge in [-0.3, -0.25) is 9.48 Å². The van der Waals surface area contributed by atoms with Crippen LogP contribution in [0.5, 0.6) is 0 Å². The summed E-state index contributed by atoms with van der Waals surface area (Å²) in [5.74, 6) is 1.48. The summed E-state index contributed by atoms with van der Waals surface area (Å²) in [4.78, 5) is 15.9. The maximum atomic E-state index is 11.5. The zero-order valence-corrected chi connectivity index (χ0v) is 15.5. The molecular weight excluding hydrogens is 300 g/mol. The largest absolute Gasteiger partial charge is 0.343 e. The van der Waals surface area contributed by atoms with Gasteiger partial charge in [0.15, 0.2) is 0 Å². The molecule has 1 amide bonds. The highest BCUT2D eigenvalue weighted by atomic mass is 16.2. The van der Waals surface area contributed by atoms with Crippen LogP contribution in [0.1, 0.15) is 62.6 Å². The third-order valence-corrected chi connectivity index (χ3v) is 5.67. The molecule has 1 aromatic rings. The minimum Gasteiger partial charge on any atom is -0.343 e. The van der Waals surface area contributed by atoms with Crippen LogP contribution >= 0.6 is 0 Å². The molecule has 0 radical (unpaired) electrons. The molecule has 134 valence electrons. The highest BCUT2D eigenvalue weighted by Crippen LogP contribution is 2.33.